The van der Waals surface area contributed by atoms with Crippen LogP contribution in [0, 0.1) is 41.4 Å². The molecule has 3 heteroatoms. The predicted octanol–water partition coefficient (Wildman–Crippen LogP) is 7.61. The first-order valence-electron chi connectivity index (χ1n) is 12.2. The monoisotopic (exact) mass is 394 g/mol. The Morgan fingerprint density at radius 1 is 0.714 bits per heavy atom. The molecular formula is C25H40F2O. The molecule has 2 atom stereocenters. The van der Waals surface area contributed by atoms with Gasteiger partial charge in [0, 0.05) is 0 Å². The van der Waals surface area contributed by atoms with E-state index in [1.807, 2.05) is 0 Å². The van der Waals surface area contributed by atoms with Crippen LogP contribution in [0.5, 0.6) is 0 Å². The van der Waals surface area contributed by atoms with Gasteiger partial charge in [-0.2, -0.15) is 8.78 Å². The average molecular weight is 395 g/mol. The summed E-state index contributed by atoms with van der Waals surface area (Å²) >= 11 is 0. The van der Waals surface area contributed by atoms with Crippen LogP contribution < -0.4 is 0 Å². The fourth-order valence-electron chi connectivity index (χ4n) is 7.06. The molecule has 0 bridgehead atoms. The number of ether oxygens (including phenoxy) is 1. The fraction of sp³-hybridized carbons (Fsp3) is 0.920. The van der Waals surface area contributed by atoms with Gasteiger partial charge < -0.3 is 4.74 Å². The molecule has 0 aromatic heterocycles. The second-order valence-electron chi connectivity index (χ2n) is 10.6. The van der Waals surface area contributed by atoms with E-state index in [1.165, 1.54) is 51.4 Å². The maximum absolute atomic E-state index is 14.4. The maximum Gasteiger partial charge on any atom is 0.361 e. The number of halogens is 2. The summed E-state index contributed by atoms with van der Waals surface area (Å²) in [6.07, 6.45) is 15.8. The lowest BCUT2D eigenvalue weighted by atomic mass is 9.63. The van der Waals surface area contributed by atoms with Gasteiger partial charge in [0.1, 0.15) is 0 Å². The summed E-state index contributed by atoms with van der Waals surface area (Å²) in [7, 11) is 0. The molecular weight excluding hydrogens is 354 g/mol. The van der Waals surface area contributed by atoms with Gasteiger partial charge in [-0.05, 0) is 107 Å². The fourth-order valence-corrected chi connectivity index (χ4v) is 7.06. The van der Waals surface area contributed by atoms with E-state index in [1.54, 1.807) is 0 Å². The summed E-state index contributed by atoms with van der Waals surface area (Å²) in [5, 5.41) is 0. The molecule has 0 N–H and O–H groups in total. The second kappa shape index (κ2) is 8.74. The summed E-state index contributed by atoms with van der Waals surface area (Å²) in [4.78, 5) is 0. The number of rotatable bonds is 4. The van der Waals surface area contributed by atoms with Gasteiger partial charge in [-0.3, -0.25) is 0 Å². The van der Waals surface area contributed by atoms with E-state index >= 15 is 0 Å². The van der Waals surface area contributed by atoms with E-state index < -0.39 is 12.0 Å². The van der Waals surface area contributed by atoms with Gasteiger partial charge in [-0.25, -0.2) is 0 Å². The van der Waals surface area contributed by atoms with Crippen molar-refractivity contribution in [3.05, 3.63) is 12.2 Å². The zero-order valence-electron chi connectivity index (χ0n) is 17.9. The van der Waals surface area contributed by atoms with E-state index in [0.29, 0.717) is 5.92 Å². The van der Waals surface area contributed by atoms with Crippen LogP contribution in [0.15, 0.2) is 12.2 Å². The lowest BCUT2D eigenvalue weighted by Crippen LogP contribution is -2.61. The summed E-state index contributed by atoms with van der Waals surface area (Å²) in [6, 6.07) is 0. The second-order valence-corrected chi connectivity index (χ2v) is 10.6. The molecule has 3 saturated carbocycles. The van der Waals surface area contributed by atoms with Crippen LogP contribution >= 0.6 is 0 Å². The van der Waals surface area contributed by atoms with Crippen LogP contribution in [-0.4, -0.2) is 12.2 Å². The van der Waals surface area contributed by atoms with Crippen LogP contribution in [0.3, 0.4) is 0 Å². The molecule has 3 aliphatic carbocycles. The first-order valence-corrected chi connectivity index (χ1v) is 12.2. The van der Waals surface area contributed by atoms with Gasteiger partial charge >= 0.3 is 6.11 Å². The minimum absolute atomic E-state index is 0.166. The zero-order valence-corrected chi connectivity index (χ0v) is 17.9. The topological polar surface area (TPSA) is 9.23 Å². The molecule has 160 valence electrons. The van der Waals surface area contributed by atoms with Crippen molar-refractivity contribution in [1.29, 1.82) is 0 Å². The van der Waals surface area contributed by atoms with Crippen molar-refractivity contribution in [2.45, 2.75) is 103 Å². The molecule has 1 saturated heterocycles. The van der Waals surface area contributed by atoms with E-state index in [-0.39, 0.29) is 12.0 Å². The minimum Gasteiger partial charge on any atom is -0.316 e. The number of hydrogen-bond donors (Lipinski definition) is 0. The van der Waals surface area contributed by atoms with Gasteiger partial charge in [0.25, 0.3) is 0 Å². The third kappa shape index (κ3) is 4.35. The molecule has 1 aliphatic heterocycles. The smallest absolute Gasteiger partial charge is 0.316 e. The molecule has 0 aromatic rings. The van der Waals surface area contributed by atoms with E-state index in [4.69, 9.17) is 4.74 Å². The average Bonchev–Trinajstić information content (AvgIpc) is 2.69. The maximum atomic E-state index is 14.4. The standard InChI is InChI=1S/C25H40F2O/c1-3-4-18-7-11-19(12-8-18)20-13-15-21(16-14-20)23-24(28-25(23,26)27)22-9-5-17(2)6-10-22/h3-4,17-24H,5-16H2,1-2H3/b4-3+/t17?,18-,19-,20?,21?,22?,23-,24-/m0/s1. The SMILES string of the molecule is C/C=C/[C@H]1CC[C@H](C2CCC([C@H]3[C@H](C4CCC(C)CC4)OC3(F)F)CC2)CC1. The van der Waals surface area contributed by atoms with Crippen molar-refractivity contribution < 1.29 is 13.5 Å². The van der Waals surface area contributed by atoms with E-state index in [9.17, 15) is 8.78 Å². The molecule has 1 nitrogen and oxygen atoms in total. The molecule has 0 aromatic carbocycles. The van der Waals surface area contributed by atoms with Crippen LogP contribution in [0.2, 0.25) is 0 Å². The van der Waals surface area contributed by atoms with Gasteiger partial charge in [0.05, 0.1) is 12.0 Å². The highest BCUT2D eigenvalue weighted by Crippen LogP contribution is 2.55. The van der Waals surface area contributed by atoms with Crippen molar-refractivity contribution in [2.24, 2.45) is 41.4 Å². The molecule has 0 unspecified atom stereocenters. The Hall–Kier alpha value is -0.440. The lowest BCUT2D eigenvalue weighted by Gasteiger charge is -2.53. The largest absolute Gasteiger partial charge is 0.361 e. The van der Waals surface area contributed by atoms with E-state index in [2.05, 4.69) is 26.0 Å². The Morgan fingerprint density at radius 2 is 1.21 bits per heavy atom. The number of alkyl halides is 2. The van der Waals surface area contributed by atoms with Crippen molar-refractivity contribution in [3.8, 4) is 0 Å². The summed E-state index contributed by atoms with van der Waals surface area (Å²) in [5.74, 6) is 3.22. The van der Waals surface area contributed by atoms with Gasteiger partial charge in [0.15, 0.2) is 0 Å². The molecule has 0 radical (unpaired) electrons. The first-order chi connectivity index (χ1) is 13.5. The molecule has 1 heterocycles. The van der Waals surface area contributed by atoms with Crippen molar-refractivity contribution in [2.75, 3.05) is 0 Å². The zero-order chi connectivity index (χ0) is 19.7. The summed E-state index contributed by atoms with van der Waals surface area (Å²) < 4.78 is 34.0. The molecule has 0 spiro atoms. The van der Waals surface area contributed by atoms with Crippen LogP contribution in [-0.2, 0) is 4.74 Å². The molecule has 4 rings (SSSR count). The Morgan fingerprint density at radius 3 is 1.75 bits per heavy atom. The molecule has 28 heavy (non-hydrogen) atoms. The highest BCUT2D eigenvalue weighted by atomic mass is 19.3. The van der Waals surface area contributed by atoms with E-state index in [0.717, 1.165) is 49.4 Å². The molecule has 4 aliphatic rings. The highest BCUT2D eigenvalue weighted by Gasteiger charge is 2.62. The molecule has 0 amide bonds. The number of hydrogen-bond acceptors (Lipinski definition) is 1. The molecule has 4 fully saturated rings. The Balaban J connectivity index is 1.29. The normalized spacial score (nSPS) is 47.0. The highest BCUT2D eigenvalue weighted by molar-refractivity contribution is 4.98. The Labute approximate surface area is 170 Å². The quantitative estimate of drug-likeness (QED) is 0.446. The van der Waals surface area contributed by atoms with Gasteiger partial charge in [-0.15, -0.1) is 0 Å². The van der Waals surface area contributed by atoms with Gasteiger partial charge in [0.2, 0.25) is 0 Å². The van der Waals surface area contributed by atoms with Crippen molar-refractivity contribution >= 4 is 0 Å². The third-order valence-corrected chi connectivity index (χ3v) is 8.83. The minimum atomic E-state index is -2.87. The van der Waals surface area contributed by atoms with Crippen LogP contribution in [0.4, 0.5) is 8.78 Å². The van der Waals surface area contributed by atoms with Crippen LogP contribution in [0.25, 0.3) is 0 Å². The summed E-state index contributed by atoms with van der Waals surface area (Å²) in [6.45, 7) is 4.41. The van der Waals surface area contributed by atoms with Crippen molar-refractivity contribution in [3.63, 3.8) is 0 Å². The third-order valence-electron chi connectivity index (χ3n) is 8.83. The predicted molar refractivity (Wildman–Crippen MR) is 110 cm³/mol. The first kappa shape index (κ1) is 20.8. The Kier molecular flexibility index (Phi) is 6.50. The number of allylic oxidation sites excluding steroid dienone is 2. The van der Waals surface area contributed by atoms with Gasteiger partial charge in [-0.1, -0.05) is 31.9 Å². The van der Waals surface area contributed by atoms with Crippen molar-refractivity contribution in [1.82, 2.24) is 0 Å². The Bertz CT molecular complexity index is 521. The summed E-state index contributed by atoms with van der Waals surface area (Å²) in [5.41, 5.74) is 0. The van der Waals surface area contributed by atoms with Crippen LogP contribution in [0.1, 0.15) is 90.9 Å². The lowest BCUT2D eigenvalue weighted by molar-refractivity contribution is -0.418.